The highest BCUT2D eigenvalue weighted by Gasteiger charge is 2.24. The van der Waals surface area contributed by atoms with Gasteiger partial charge in [-0.3, -0.25) is 9.59 Å². The molecule has 3 N–H and O–H groups in total. The fourth-order valence-corrected chi connectivity index (χ4v) is 1.42. The summed E-state index contributed by atoms with van der Waals surface area (Å²) in [6, 6.07) is 6.27. The minimum atomic E-state index is -0.612. The number of benzene rings is 1. The van der Waals surface area contributed by atoms with E-state index < -0.39 is 11.5 Å². The summed E-state index contributed by atoms with van der Waals surface area (Å²) in [6.45, 7) is 6.98. The quantitative estimate of drug-likeness (QED) is 0.784. The molecule has 0 radical (unpaired) electrons. The van der Waals surface area contributed by atoms with Crippen molar-refractivity contribution < 1.29 is 14.7 Å². The van der Waals surface area contributed by atoms with Crippen molar-refractivity contribution in [1.29, 1.82) is 0 Å². The topological polar surface area (TPSA) is 78.4 Å². The number of hydrogen-bond donors (Lipinski definition) is 3. The average molecular weight is 278 g/mol. The number of carbonyl (C=O) groups is 2. The van der Waals surface area contributed by atoms with E-state index in [0.29, 0.717) is 5.69 Å². The van der Waals surface area contributed by atoms with Crippen LogP contribution >= 0.6 is 0 Å². The fourth-order valence-electron chi connectivity index (χ4n) is 1.42. The molecule has 0 aliphatic rings. The van der Waals surface area contributed by atoms with Gasteiger partial charge < -0.3 is 15.7 Å². The number of anilines is 1. The Bertz CT molecular complexity index is 475. The highest BCUT2D eigenvalue weighted by molar-refractivity contribution is 5.97. The normalized spacial score (nSPS) is 12.7. The number of aliphatic hydroxyl groups is 1. The third-order valence-electron chi connectivity index (χ3n) is 2.83. The Morgan fingerprint density at radius 3 is 2.20 bits per heavy atom. The number of amides is 2. The van der Waals surface area contributed by atoms with E-state index in [1.54, 1.807) is 52.0 Å². The number of carbonyl (C=O) groups excluding carboxylic acids is 2. The van der Waals surface area contributed by atoms with E-state index in [1.807, 2.05) is 0 Å². The van der Waals surface area contributed by atoms with Crippen LogP contribution < -0.4 is 10.6 Å². The van der Waals surface area contributed by atoms with Gasteiger partial charge in [0.05, 0.1) is 6.61 Å². The first-order valence-corrected chi connectivity index (χ1v) is 6.55. The van der Waals surface area contributed by atoms with Gasteiger partial charge in [-0.1, -0.05) is 32.9 Å². The Balaban J connectivity index is 2.59. The molecule has 1 unspecified atom stereocenters. The highest BCUT2D eigenvalue weighted by Crippen LogP contribution is 2.13. The van der Waals surface area contributed by atoms with Crippen LogP contribution in [0.1, 0.15) is 33.3 Å². The zero-order valence-corrected chi connectivity index (χ0v) is 12.4. The molecule has 0 fully saturated rings. The van der Waals surface area contributed by atoms with Gasteiger partial charge in [0, 0.05) is 11.1 Å². The molecular weight excluding hydrogens is 256 g/mol. The van der Waals surface area contributed by atoms with E-state index in [0.717, 1.165) is 5.56 Å². The second kappa shape index (κ2) is 6.52. The van der Waals surface area contributed by atoms with E-state index in [2.05, 4.69) is 10.6 Å². The molecule has 1 aromatic carbocycles. The maximum absolute atomic E-state index is 12.0. The third-order valence-corrected chi connectivity index (χ3v) is 2.83. The van der Waals surface area contributed by atoms with Crippen molar-refractivity contribution in [2.75, 3.05) is 5.32 Å². The summed E-state index contributed by atoms with van der Waals surface area (Å²) in [5, 5.41) is 14.3. The Labute approximate surface area is 119 Å². The lowest BCUT2D eigenvalue weighted by atomic mass is 9.95. The standard InChI is InChI=1S/C15H22N2O3/c1-10(16-14(20)15(2,3)4)13(19)17-12-7-5-11(9-18)6-8-12/h5-8,10,18H,9H2,1-4H3,(H,16,20)(H,17,19). The van der Waals surface area contributed by atoms with Crippen molar-refractivity contribution in [2.45, 2.75) is 40.3 Å². The van der Waals surface area contributed by atoms with Crippen LogP contribution in [0, 0.1) is 5.41 Å². The smallest absolute Gasteiger partial charge is 0.246 e. The van der Waals surface area contributed by atoms with E-state index in [4.69, 9.17) is 5.11 Å². The molecule has 0 heterocycles. The first-order valence-electron chi connectivity index (χ1n) is 6.55. The van der Waals surface area contributed by atoms with Gasteiger partial charge >= 0.3 is 0 Å². The van der Waals surface area contributed by atoms with Crippen LogP contribution in [0.25, 0.3) is 0 Å². The van der Waals surface area contributed by atoms with E-state index >= 15 is 0 Å². The average Bonchev–Trinajstić information content (AvgIpc) is 2.38. The Kier molecular flexibility index (Phi) is 5.27. The van der Waals surface area contributed by atoms with Crippen molar-refractivity contribution in [2.24, 2.45) is 5.41 Å². The lowest BCUT2D eigenvalue weighted by molar-refractivity contribution is -0.131. The predicted octanol–water partition coefficient (Wildman–Crippen LogP) is 1.67. The van der Waals surface area contributed by atoms with Gasteiger partial charge in [0.25, 0.3) is 0 Å². The zero-order valence-electron chi connectivity index (χ0n) is 12.4. The molecule has 5 heteroatoms. The van der Waals surface area contributed by atoms with Crippen LogP contribution in [0.3, 0.4) is 0 Å². The first kappa shape index (κ1) is 16.2. The van der Waals surface area contributed by atoms with Crippen LogP contribution in [-0.2, 0) is 16.2 Å². The van der Waals surface area contributed by atoms with Crippen LogP contribution in [0.4, 0.5) is 5.69 Å². The maximum Gasteiger partial charge on any atom is 0.246 e. The van der Waals surface area contributed by atoms with Gasteiger partial charge in [-0.25, -0.2) is 0 Å². The molecule has 0 aliphatic heterocycles. The van der Waals surface area contributed by atoms with Gasteiger partial charge in [0.2, 0.25) is 11.8 Å². The minimum absolute atomic E-state index is 0.0354. The summed E-state index contributed by atoms with van der Waals surface area (Å²) >= 11 is 0. The molecule has 0 aliphatic carbocycles. The van der Waals surface area contributed by atoms with Crippen LogP contribution in [0.15, 0.2) is 24.3 Å². The lowest BCUT2D eigenvalue weighted by Crippen LogP contribution is -2.46. The number of hydrogen-bond acceptors (Lipinski definition) is 3. The summed E-state index contributed by atoms with van der Waals surface area (Å²) in [7, 11) is 0. The Morgan fingerprint density at radius 1 is 1.20 bits per heavy atom. The van der Waals surface area contributed by atoms with Crippen LogP contribution in [-0.4, -0.2) is 23.0 Å². The molecule has 1 rings (SSSR count). The molecule has 5 nitrogen and oxygen atoms in total. The Hall–Kier alpha value is -1.88. The van der Waals surface area contributed by atoms with Gasteiger partial charge in [-0.2, -0.15) is 0 Å². The van der Waals surface area contributed by atoms with Gasteiger partial charge in [0.1, 0.15) is 6.04 Å². The molecule has 0 saturated heterocycles. The minimum Gasteiger partial charge on any atom is -0.392 e. The molecule has 1 atom stereocenters. The van der Waals surface area contributed by atoms with Crippen LogP contribution in [0.5, 0.6) is 0 Å². The van der Waals surface area contributed by atoms with Gasteiger partial charge in [-0.15, -0.1) is 0 Å². The molecule has 0 spiro atoms. The molecule has 0 aromatic heterocycles. The Morgan fingerprint density at radius 2 is 1.75 bits per heavy atom. The maximum atomic E-state index is 12.0. The number of rotatable bonds is 4. The predicted molar refractivity (Wildman–Crippen MR) is 78.1 cm³/mol. The van der Waals surface area contributed by atoms with Crippen molar-refractivity contribution >= 4 is 17.5 Å². The fraction of sp³-hybridized carbons (Fsp3) is 0.467. The van der Waals surface area contributed by atoms with Crippen molar-refractivity contribution in [3.63, 3.8) is 0 Å². The largest absolute Gasteiger partial charge is 0.392 e. The third kappa shape index (κ3) is 4.66. The summed E-state index contributed by atoms with van der Waals surface area (Å²) in [6.07, 6.45) is 0. The molecule has 20 heavy (non-hydrogen) atoms. The van der Waals surface area contributed by atoms with Crippen LogP contribution in [0.2, 0.25) is 0 Å². The highest BCUT2D eigenvalue weighted by atomic mass is 16.3. The molecule has 110 valence electrons. The zero-order chi connectivity index (χ0) is 15.3. The second-order valence-corrected chi connectivity index (χ2v) is 5.79. The summed E-state index contributed by atoms with van der Waals surface area (Å²) < 4.78 is 0. The summed E-state index contributed by atoms with van der Waals surface area (Å²) in [4.78, 5) is 23.8. The van der Waals surface area contributed by atoms with Crippen molar-refractivity contribution in [3.05, 3.63) is 29.8 Å². The van der Waals surface area contributed by atoms with E-state index in [-0.39, 0.29) is 18.4 Å². The van der Waals surface area contributed by atoms with Gasteiger partial charge in [-0.05, 0) is 24.6 Å². The number of nitrogens with one attached hydrogen (secondary N) is 2. The summed E-state index contributed by atoms with van der Waals surface area (Å²) in [5.74, 6) is -0.449. The van der Waals surface area contributed by atoms with E-state index in [1.165, 1.54) is 0 Å². The molecule has 0 bridgehead atoms. The molecule has 2 amide bonds. The van der Waals surface area contributed by atoms with E-state index in [9.17, 15) is 9.59 Å². The summed E-state index contributed by atoms with van der Waals surface area (Å²) in [5.41, 5.74) is 0.873. The van der Waals surface area contributed by atoms with Crippen molar-refractivity contribution in [3.8, 4) is 0 Å². The first-order chi connectivity index (χ1) is 9.24. The molecular formula is C15H22N2O3. The second-order valence-electron chi connectivity index (χ2n) is 5.79. The SMILES string of the molecule is CC(NC(=O)C(C)(C)C)C(=O)Nc1ccc(CO)cc1. The molecule has 1 aromatic rings. The lowest BCUT2D eigenvalue weighted by Gasteiger charge is -2.21. The molecule has 0 saturated carbocycles. The van der Waals surface area contributed by atoms with Crippen molar-refractivity contribution in [1.82, 2.24) is 5.32 Å². The monoisotopic (exact) mass is 278 g/mol. The van der Waals surface area contributed by atoms with Gasteiger partial charge in [0.15, 0.2) is 0 Å². The number of aliphatic hydroxyl groups excluding tert-OH is 1.